The molecule has 0 unspecified atom stereocenters. The highest BCUT2D eigenvalue weighted by molar-refractivity contribution is 5.96. The Labute approximate surface area is 114 Å². The molecule has 0 radical (unpaired) electrons. The zero-order valence-corrected chi connectivity index (χ0v) is 10.6. The highest BCUT2D eigenvalue weighted by Gasteiger charge is 2.19. The Morgan fingerprint density at radius 1 is 1.40 bits per heavy atom. The molecule has 0 atom stereocenters. The van der Waals surface area contributed by atoms with E-state index in [1.165, 1.54) is 6.07 Å². The summed E-state index contributed by atoms with van der Waals surface area (Å²) in [5.74, 6) is -0.718. The second-order valence-corrected chi connectivity index (χ2v) is 4.36. The first-order valence-electron chi connectivity index (χ1n) is 6.10. The molecular weight excluding hydrogens is 259 g/mol. The maximum atomic E-state index is 14.4. The van der Waals surface area contributed by atoms with Crippen LogP contribution in [0.1, 0.15) is 11.1 Å². The quantitative estimate of drug-likeness (QED) is 0.466. The molecule has 4 heteroatoms. The predicted octanol–water partition coefficient (Wildman–Crippen LogP) is 4.21. The number of carbonyl (C=O) groups excluding carboxylic acids is 1. The number of allylic oxidation sites excluding steroid dienone is 1. The lowest BCUT2D eigenvalue weighted by Gasteiger charge is -2.15. The summed E-state index contributed by atoms with van der Waals surface area (Å²) in [7, 11) is 0. The van der Waals surface area contributed by atoms with E-state index in [1.807, 2.05) is 24.3 Å². The number of hydrogen-bond donors (Lipinski definition) is 0. The number of halogens is 1. The van der Waals surface area contributed by atoms with Gasteiger partial charge in [-0.3, -0.25) is 0 Å². The number of benzene rings is 2. The first-order valence-corrected chi connectivity index (χ1v) is 6.10. The van der Waals surface area contributed by atoms with E-state index in [0.717, 1.165) is 29.0 Å². The molecule has 0 saturated heterocycles. The number of hydrogen-bond acceptors (Lipinski definition) is 3. The van der Waals surface area contributed by atoms with Gasteiger partial charge in [-0.1, -0.05) is 36.9 Å². The molecule has 100 valence electrons. The van der Waals surface area contributed by atoms with Crippen molar-refractivity contribution in [1.82, 2.24) is 0 Å². The molecule has 0 bridgehead atoms. The van der Waals surface area contributed by atoms with Crippen LogP contribution in [0.3, 0.4) is 0 Å². The zero-order valence-electron chi connectivity index (χ0n) is 10.6. The Balaban J connectivity index is 2.16. The van der Waals surface area contributed by atoms with E-state index in [0.29, 0.717) is 5.56 Å². The van der Waals surface area contributed by atoms with Crippen LogP contribution in [0.4, 0.5) is 9.18 Å². The van der Waals surface area contributed by atoms with Crippen LogP contribution < -0.4 is 4.74 Å². The van der Waals surface area contributed by atoms with Gasteiger partial charge in [0, 0.05) is 5.56 Å². The van der Waals surface area contributed by atoms with Gasteiger partial charge in [-0.15, -0.1) is 0 Å². The highest BCUT2D eigenvalue weighted by atomic mass is 19.1. The molecule has 20 heavy (non-hydrogen) atoms. The fourth-order valence-electron chi connectivity index (χ4n) is 2.40. The van der Waals surface area contributed by atoms with E-state index in [9.17, 15) is 9.18 Å². The van der Waals surface area contributed by atoms with Crippen LogP contribution in [-0.4, -0.2) is 6.16 Å². The average molecular weight is 270 g/mol. The summed E-state index contributed by atoms with van der Waals surface area (Å²) in [4.78, 5) is 11.3. The van der Waals surface area contributed by atoms with Crippen molar-refractivity contribution in [3.63, 3.8) is 0 Å². The third-order valence-corrected chi connectivity index (χ3v) is 3.19. The summed E-state index contributed by atoms with van der Waals surface area (Å²) in [5.41, 5.74) is 1.49. The SMILES string of the molecule is C=COC(=O)Oc1cc2cccc3c2c(c1F)C=CC3. The van der Waals surface area contributed by atoms with Crippen molar-refractivity contribution in [2.24, 2.45) is 0 Å². The lowest BCUT2D eigenvalue weighted by atomic mass is 9.92. The molecule has 1 aliphatic carbocycles. The molecule has 2 aromatic carbocycles. The smallest absolute Gasteiger partial charge is 0.403 e. The monoisotopic (exact) mass is 270 g/mol. The van der Waals surface area contributed by atoms with Gasteiger partial charge in [-0.05, 0) is 28.8 Å². The van der Waals surface area contributed by atoms with Crippen LogP contribution in [0.2, 0.25) is 0 Å². The largest absolute Gasteiger partial charge is 0.518 e. The normalized spacial score (nSPS) is 12.2. The van der Waals surface area contributed by atoms with Gasteiger partial charge in [-0.2, -0.15) is 0 Å². The van der Waals surface area contributed by atoms with E-state index in [1.54, 1.807) is 6.08 Å². The molecule has 3 rings (SSSR count). The summed E-state index contributed by atoms with van der Waals surface area (Å²) in [6.07, 6.45) is 4.27. The molecule has 0 heterocycles. The van der Waals surface area contributed by atoms with E-state index < -0.39 is 12.0 Å². The van der Waals surface area contributed by atoms with Crippen molar-refractivity contribution in [1.29, 1.82) is 0 Å². The van der Waals surface area contributed by atoms with Crippen molar-refractivity contribution in [2.75, 3.05) is 0 Å². The van der Waals surface area contributed by atoms with Gasteiger partial charge in [0.25, 0.3) is 0 Å². The number of carbonyl (C=O) groups is 1. The molecule has 0 aromatic heterocycles. The summed E-state index contributed by atoms with van der Waals surface area (Å²) < 4.78 is 23.7. The van der Waals surface area contributed by atoms with Gasteiger partial charge >= 0.3 is 6.16 Å². The van der Waals surface area contributed by atoms with Crippen LogP contribution in [0.15, 0.2) is 43.2 Å². The molecule has 0 saturated carbocycles. The molecule has 0 amide bonds. The fraction of sp³-hybridized carbons (Fsp3) is 0.0625. The minimum absolute atomic E-state index is 0.150. The number of ether oxygens (including phenoxy) is 2. The third-order valence-electron chi connectivity index (χ3n) is 3.19. The minimum atomic E-state index is -1.01. The standard InChI is InChI=1S/C16H11FO3/c1-2-19-16(18)20-13-9-11-7-3-5-10-6-4-8-12(14(10)11)15(13)17/h2-5,7-9H,1,6H2. The van der Waals surface area contributed by atoms with Gasteiger partial charge in [0.15, 0.2) is 11.6 Å². The molecule has 1 aliphatic rings. The van der Waals surface area contributed by atoms with Crippen LogP contribution in [0, 0.1) is 5.82 Å². The Morgan fingerprint density at radius 2 is 2.25 bits per heavy atom. The number of rotatable bonds is 2. The summed E-state index contributed by atoms with van der Waals surface area (Å²) in [5, 5.41) is 1.68. The van der Waals surface area contributed by atoms with E-state index in [-0.39, 0.29) is 5.75 Å². The Kier molecular flexibility index (Phi) is 2.99. The van der Waals surface area contributed by atoms with E-state index >= 15 is 0 Å². The van der Waals surface area contributed by atoms with Crippen molar-refractivity contribution < 1.29 is 18.7 Å². The van der Waals surface area contributed by atoms with Crippen molar-refractivity contribution in [3.8, 4) is 5.75 Å². The van der Waals surface area contributed by atoms with E-state index in [2.05, 4.69) is 11.3 Å². The molecule has 0 N–H and O–H groups in total. The first-order chi connectivity index (χ1) is 9.70. The van der Waals surface area contributed by atoms with Gasteiger partial charge in [0.1, 0.15) is 0 Å². The lowest BCUT2D eigenvalue weighted by Crippen LogP contribution is -2.09. The average Bonchev–Trinajstić information content (AvgIpc) is 2.44. The molecule has 0 spiro atoms. The van der Waals surface area contributed by atoms with Crippen molar-refractivity contribution >= 4 is 23.0 Å². The second-order valence-electron chi connectivity index (χ2n) is 4.36. The molecule has 2 aromatic rings. The van der Waals surface area contributed by atoms with Gasteiger partial charge in [0.2, 0.25) is 0 Å². The van der Waals surface area contributed by atoms with Crippen LogP contribution in [0.25, 0.3) is 16.8 Å². The zero-order chi connectivity index (χ0) is 14.1. The summed E-state index contributed by atoms with van der Waals surface area (Å²) in [6.45, 7) is 3.24. The molecule has 3 nitrogen and oxygen atoms in total. The predicted molar refractivity (Wildman–Crippen MR) is 74.0 cm³/mol. The first kappa shape index (κ1) is 12.4. The van der Waals surface area contributed by atoms with Crippen molar-refractivity contribution in [2.45, 2.75) is 6.42 Å². The Hall–Kier alpha value is -2.62. The Morgan fingerprint density at radius 3 is 3.05 bits per heavy atom. The molecule has 0 aliphatic heterocycles. The summed E-state index contributed by atoms with van der Waals surface area (Å²) >= 11 is 0. The third kappa shape index (κ3) is 1.95. The van der Waals surface area contributed by atoms with Crippen molar-refractivity contribution in [3.05, 3.63) is 60.1 Å². The van der Waals surface area contributed by atoms with Crippen LogP contribution in [0.5, 0.6) is 5.75 Å². The fourth-order valence-corrected chi connectivity index (χ4v) is 2.40. The maximum absolute atomic E-state index is 14.4. The molecule has 0 fully saturated rings. The minimum Gasteiger partial charge on any atom is -0.403 e. The Bertz CT molecular complexity index is 747. The van der Waals surface area contributed by atoms with Gasteiger partial charge in [0.05, 0.1) is 6.26 Å². The lowest BCUT2D eigenvalue weighted by molar-refractivity contribution is 0.134. The van der Waals surface area contributed by atoms with Gasteiger partial charge in [-0.25, -0.2) is 9.18 Å². The second kappa shape index (κ2) is 4.81. The van der Waals surface area contributed by atoms with E-state index in [4.69, 9.17) is 4.74 Å². The maximum Gasteiger partial charge on any atom is 0.518 e. The molecular formula is C16H11FO3. The summed E-state index contributed by atoms with van der Waals surface area (Å²) in [6, 6.07) is 7.21. The van der Waals surface area contributed by atoms with Crippen LogP contribution >= 0.6 is 0 Å². The van der Waals surface area contributed by atoms with Crippen LogP contribution in [-0.2, 0) is 11.2 Å². The van der Waals surface area contributed by atoms with Gasteiger partial charge < -0.3 is 9.47 Å². The highest BCUT2D eigenvalue weighted by Crippen LogP contribution is 2.35. The topological polar surface area (TPSA) is 35.5 Å².